The van der Waals surface area contributed by atoms with Gasteiger partial charge in [-0.05, 0) is 62.6 Å². The molecule has 2 saturated carbocycles. The summed E-state index contributed by atoms with van der Waals surface area (Å²) in [5, 5.41) is 7.64. The third-order valence-electron chi connectivity index (χ3n) is 6.49. The van der Waals surface area contributed by atoms with Gasteiger partial charge in [0.15, 0.2) is 0 Å². The molecule has 5 nitrogen and oxygen atoms in total. The van der Waals surface area contributed by atoms with E-state index in [1.807, 2.05) is 24.3 Å². The van der Waals surface area contributed by atoms with E-state index < -0.39 is 0 Å². The van der Waals surface area contributed by atoms with E-state index in [1.165, 1.54) is 32.1 Å². The summed E-state index contributed by atoms with van der Waals surface area (Å²) in [5.74, 6) is 2.67. The van der Waals surface area contributed by atoms with Gasteiger partial charge in [0, 0.05) is 30.3 Å². The molecule has 2 aliphatic carbocycles. The Morgan fingerprint density at radius 1 is 1.03 bits per heavy atom. The summed E-state index contributed by atoms with van der Waals surface area (Å²) < 4.78 is 0. The molecule has 0 radical (unpaired) electrons. The Balaban J connectivity index is 1.42. The van der Waals surface area contributed by atoms with Crippen molar-refractivity contribution in [2.75, 3.05) is 17.2 Å². The maximum atomic E-state index is 11.0. The predicted octanol–water partition coefficient (Wildman–Crippen LogP) is 5.96. The maximum Gasteiger partial charge on any atom is 0.126 e. The summed E-state index contributed by atoms with van der Waals surface area (Å²) in [5.41, 5.74) is 1.74. The molecule has 0 spiro atoms. The summed E-state index contributed by atoms with van der Waals surface area (Å²) in [6.07, 6.45) is 13.3. The number of carbonyl (C=O) groups excluding carboxylic acids is 1. The van der Waals surface area contributed by atoms with E-state index in [9.17, 15) is 4.79 Å². The molecule has 6 heteroatoms. The van der Waals surface area contributed by atoms with Gasteiger partial charge in [0.25, 0.3) is 0 Å². The minimum absolute atomic E-state index is 0.213. The van der Waals surface area contributed by atoms with Crippen molar-refractivity contribution in [3.8, 4) is 11.3 Å². The highest BCUT2D eigenvalue weighted by Gasteiger charge is 2.21. The van der Waals surface area contributed by atoms with Crippen molar-refractivity contribution < 1.29 is 4.79 Å². The van der Waals surface area contributed by atoms with E-state index in [-0.39, 0.29) is 5.92 Å². The minimum atomic E-state index is 0.213. The lowest BCUT2D eigenvalue weighted by Gasteiger charge is -2.26. The Morgan fingerprint density at radius 3 is 2.60 bits per heavy atom. The minimum Gasteiger partial charge on any atom is -0.370 e. The van der Waals surface area contributed by atoms with Crippen LogP contribution in [-0.4, -0.2) is 28.8 Å². The second-order valence-corrected chi connectivity index (χ2v) is 9.14. The molecule has 4 rings (SSSR count). The highest BCUT2D eigenvalue weighted by Crippen LogP contribution is 2.31. The third-order valence-corrected chi connectivity index (χ3v) is 6.79. The summed E-state index contributed by atoms with van der Waals surface area (Å²) in [6.45, 7) is 0.983. The van der Waals surface area contributed by atoms with E-state index in [1.54, 1.807) is 6.20 Å². The normalized spacial score (nSPS) is 22.4. The molecular weight excluding hydrogens is 396 g/mol. The first-order valence-electron chi connectivity index (χ1n) is 11.3. The van der Waals surface area contributed by atoms with Crippen molar-refractivity contribution in [2.24, 2.45) is 11.8 Å². The van der Waals surface area contributed by atoms with Crippen molar-refractivity contribution in [1.82, 2.24) is 9.97 Å². The van der Waals surface area contributed by atoms with Crippen LogP contribution in [-0.2, 0) is 4.79 Å². The summed E-state index contributed by atoms with van der Waals surface area (Å²) >= 11 is 6.47. The van der Waals surface area contributed by atoms with Crippen LogP contribution in [0.5, 0.6) is 0 Å². The van der Waals surface area contributed by atoms with E-state index in [2.05, 4.69) is 15.6 Å². The highest BCUT2D eigenvalue weighted by atomic mass is 35.5. The van der Waals surface area contributed by atoms with Crippen LogP contribution in [0.25, 0.3) is 11.3 Å². The molecule has 2 fully saturated rings. The molecule has 0 saturated heterocycles. The molecule has 0 unspecified atom stereocenters. The smallest absolute Gasteiger partial charge is 0.126 e. The van der Waals surface area contributed by atoms with Gasteiger partial charge >= 0.3 is 0 Å². The molecule has 0 bridgehead atoms. The first-order chi connectivity index (χ1) is 14.7. The van der Waals surface area contributed by atoms with E-state index >= 15 is 0 Å². The molecule has 2 heterocycles. The molecule has 2 aromatic rings. The zero-order chi connectivity index (χ0) is 20.8. The van der Waals surface area contributed by atoms with Crippen molar-refractivity contribution in [2.45, 2.75) is 63.8 Å². The van der Waals surface area contributed by atoms with Gasteiger partial charge in [-0.2, -0.15) is 0 Å². The fraction of sp³-hybridized carbons (Fsp3) is 0.542. The average molecular weight is 427 g/mol. The van der Waals surface area contributed by atoms with Gasteiger partial charge in [-0.25, -0.2) is 9.97 Å². The third kappa shape index (κ3) is 5.51. The molecule has 160 valence electrons. The molecule has 0 aromatic carbocycles. The Hall–Kier alpha value is -2.14. The van der Waals surface area contributed by atoms with E-state index in [4.69, 9.17) is 16.6 Å². The quantitative estimate of drug-likeness (QED) is 0.534. The lowest BCUT2D eigenvalue weighted by molar-refractivity contribution is -0.111. The first-order valence-corrected chi connectivity index (χ1v) is 11.7. The number of hydrogen-bond donors (Lipinski definition) is 2. The van der Waals surface area contributed by atoms with Crippen molar-refractivity contribution in [3.05, 3.63) is 35.5 Å². The van der Waals surface area contributed by atoms with Crippen molar-refractivity contribution in [3.63, 3.8) is 0 Å². The Morgan fingerprint density at radius 2 is 1.83 bits per heavy atom. The average Bonchev–Trinajstić information content (AvgIpc) is 2.80. The van der Waals surface area contributed by atoms with Gasteiger partial charge in [0.05, 0.1) is 10.7 Å². The first kappa shape index (κ1) is 21.1. The van der Waals surface area contributed by atoms with Crippen molar-refractivity contribution in [1.29, 1.82) is 0 Å². The maximum absolute atomic E-state index is 11.0. The molecule has 2 aromatic heterocycles. The molecule has 0 amide bonds. The number of pyridine rings is 2. The standard InChI is InChI=1S/C24H31ClN4O/c25-21-15-27-24(28-19-11-9-18(16-30)10-12-19)13-20(21)22-7-4-8-23(29-22)26-14-17-5-2-1-3-6-17/h4,7-8,13,15-19H,1-3,5-6,9-12,14H2,(H,26,29)(H,27,28). The number of carbonyl (C=O) groups is 1. The zero-order valence-corrected chi connectivity index (χ0v) is 18.2. The summed E-state index contributed by atoms with van der Waals surface area (Å²) in [7, 11) is 0. The number of nitrogens with zero attached hydrogens (tertiary/aromatic N) is 2. The van der Waals surface area contributed by atoms with Crippen LogP contribution >= 0.6 is 11.6 Å². The Kier molecular flexibility index (Phi) is 7.21. The number of hydrogen-bond acceptors (Lipinski definition) is 5. The van der Waals surface area contributed by atoms with Gasteiger partial charge in [-0.3, -0.25) is 0 Å². The Bertz CT molecular complexity index is 845. The SMILES string of the molecule is O=CC1CCC(Nc2cc(-c3cccc(NCC4CCCCC4)n3)c(Cl)cn2)CC1. The van der Waals surface area contributed by atoms with Crippen LogP contribution in [0.15, 0.2) is 30.5 Å². The van der Waals surface area contributed by atoms with Crippen LogP contribution in [0, 0.1) is 11.8 Å². The van der Waals surface area contributed by atoms with Crippen LogP contribution in [0.2, 0.25) is 5.02 Å². The predicted molar refractivity (Wildman–Crippen MR) is 123 cm³/mol. The van der Waals surface area contributed by atoms with Gasteiger partial charge in [-0.1, -0.05) is 36.9 Å². The van der Waals surface area contributed by atoms with Gasteiger partial charge in [-0.15, -0.1) is 0 Å². The molecule has 0 atom stereocenters. The van der Waals surface area contributed by atoms with Crippen LogP contribution < -0.4 is 10.6 Å². The van der Waals surface area contributed by atoms with Crippen LogP contribution in [0.3, 0.4) is 0 Å². The van der Waals surface area contributed by atoms with Crippen molar-refractivity contribution >= 4 is 29.5 Å². The second-order valence-electron chi connectivity index (χ2n) is 8.73. The molecule has 2 N–H and O–H groups in total. The molecule has 30 heavy (non-hydrogen) atoms. The number of nitrogens with one attached hydrogen (secondary N) is 2. The zero-order valence-electron chi connectivity index (χ0n) is 17.4. The van der Waals surface area contributed by atoms with Gasteiger partial charge in [0.1, 0.15) is 17.9 Å². The monoisotopic (exact) mass is 426 g/mol. The highest BCUT2D eigenvalue weighted by molar-refractivity contribution is 6.33. The number of aromatic nitrogens is 2. The van der Waals surface area contributed by atoms with Crippen LogP contribution in [0.4, 0.5) is 11.6 Å². The summed E-state index contributed by atoms with van der Waals surface area (Å²) in [6, 6.07) is 8.37. The fourth-order valence-corrected chi connectivity index (χ4v) is 4.85. The number of halogens is 1. The number of aldehydes is 1. The second kappa shape index (κ2) is 10.3. The number of rotatable bonds is 7. The van der Waals surface area contributed by atoms with Crippen LogP contribution in [0.1, 0.15) is 57.8 Å². The van der Waals surface area contributed by atoms with Gasteiger partial charge < -0.3 is 15.4 Å². The largest absolute Gasteiger partial charge is 0.370 e. The number of anilines is 2. The molecule has 0 aliphatic heterocycles. The molecule has 2 aliphatic rings. The van der Waals surface area contributed by atoms with Gasteiger partial charge in [0.2, 0.25) is 0 Å². The lowest BCUT2D eigenvalue weighted by atomic mass is 9.87. The Labute approximate surface area is 184 Å². The summed E-state index contributed by atoms with van der Waals surface area (Å²) in [4.78, 5) is 20.2. The van der Waals surface area contributed by atoms with E-state index in [0.29, 0.717) is 11.1 Å². The molecular formula is C24H31ClN4O. The van der Waals surface area contributed by atoms with E-state index in [0.717, 1.165) is 67.3 Å². The lowest BCUT2D eigenvalue weighted by Crippen LogP contribution is -2.26. The topological polar surface area (TPSA) is 66.9 Å². The fourth-order valence-electron chi connectivity index (χ4n) is 4.65.